The summed E-state index contributed by atoms with van der Waals surface area (Å²) >= 11 is 0. The normalized spacial score (nSPS) is 10.8. The first-order valence-corrected chi connectivity index (χ1v) is 6.08. The van der Waals surface area contributed by atoms with E-state index in [9.17, 15) is 4.79 Å². The maximum absolute atomic E-state index is 12.0. The molecule has 2 heterocycles. The van der Waals surface area contributed by atoms with Crippen LogP contribution in [0.15, 0.2) is 48.9 Å². The third-order valence-corrected chi connectivity index (χ3v) is 2.99. The van der Waals surface area contributed by atoms with Crippen molar-refractivity contribution in [1.82, 2.24) is 14.5 Å². The largest absolute Gasteiger partial charge is 0.340 e. The first-order chi connectivity index (χ1) is 9.22. The molecule has 3 rings (SSSR count). The molecule has 19 heavy (non-hydrogen) atoms. The van der Waals surface area contributed by atoms with Gasteiger partial charge in [0.15, 0.2) is 5.78 Å². The molecule has 4 heteroatoms. The van der Waals surface area contributed by atoms with Crippen LogP contribution in [0.4, 0.5) is 0 Å². The standard InChI is InChI=1S/C15H13N3O/c1-18-9-14(16-10-18)15(19)8-12-7-6-11-4-2-3-5-13(11)17-12/h2-7,9-10H,8H2,1H3. The summed E-state index contributed by atoms with van der Waals surface area (Å²) in [5.74, 6) is -0.0108. The molecule has 0 bridgehead atoms. The molecule has 0 atom stereocenters. The monoisotopic (exact) mass is 251 g/mol. The van der Waals surface area contributed by atoms with E-state index in [1.165, 1.54) is 0 Å². The SMILES string of the molecule is Cn1cnc(C(=O)Cc2ccc3ccccc3n2)c1. The summed E-state index contributed by atoms with van der Waals surface area (Å²) in [6.07, 6.45) is 3.63. The van der Waals surface area contributed by atoms with E-state index < -0.39 is 0 Å². The minimum atomic E-state index is -0.0108. The molecule has 0 aliphatic heterocycles. The van der Waals surface area contributed by atoms with Crippen molar-refractivity contribution in [3.05, 3.63) is 60.3 Å². The van der Waals surface area contributed by atoms with E-state index in [0.29, 0.717) is 5.69 Å². The number of aromatic nitrogens is 3. The van der Waals surface area contributed by atoms with Gasteiger partial charge in [-0.1, -0.05) is 24.3 Å². The van der Waals surface area contributed by atoms with Crippen molar-refractivity contribution < 1.29 is 4.79 Å². The quantitative estimate of drug-likeness (QED) is 0.671. The van der Waals surface area contributed by atoms with Crippen molar-refractivity contribution in [2.75, 3.05) is 0 Å². The molecule has 0 saturated carbocycles. The number of benzene rings is 1. The molecule has 4 nitrogen and oxygen atoms in total. The average molecular weight is 251 g/mol. The zero-order valence-corrected chi connectivity index (χ0v) is 10.6. The molecule has 0 spiro atoms. The van der Waals surface area contributed by atoms with Gasteiger partial charge < -0.3 is 4.57 Å². The first-order valence-electron chi connectivity index (χ1n) is 6.08. The maximum Gasteiger partial charge on any atom is 0.188 e. The van der Waals surface area contributed by atoms with Crippen LogP contribution in [0.1, 0.15) is 16.2 Å². The number of carbonyl (C=O) groups excluding carboxylic acids is 1. The zero-order valence-electron chi connectivity index (χ0n) is 10.6. The molecule has 0 unspecified atom stereocenters. The first kappa shape index (κ1) is 11.6. The summed E-state index contributed by atoms with van der Waals surface area (Å²) in [5, 5.41) is 1.08. The van der Waals surface area contributed by atoms with Crippen LogP contribution in [0.3, 0.4) is 0 Å². The molecule has 2 aromatic heterocycles. The van der Waals surface area contributed by atoms with Gasteiger partial charge in [0.1, 0.15) is 5.69 Å². The number of nitrogens with zero attached hydrogens (tertiary/aromatic N) is 3. The van der Waals surface area contributed by atoms with Crippen LogP contribution >= 0.6 is 0 Å². The molecule has 94 valence electrons. The van der Waals surface area contributed by atoms with Crippen molar-refractivity contribution >= 4 is 16.7 Å². The van der Waals surface area contributed by atoms with Gasteiger partial charge in [-0.05, 0) is 12.1 Å². The lowest BCUT2D eigenvalue weighted by molar-refractivity contribution is 0.0987. The lowest BCUT2D eigenvalue weighted by Gasteiger charge is -2.01. The van der Waals surface area contributed by atoms with Gasteiger partial charge in [0.25, 0.3) is 0 Å². The van der Waals surface area contributed by atoms with Crippen molar-refractivity contribution in [2.45, 2.75) is 6.42 Å². The van der Waals surface area contributed by atoms with E-state index >= 15 is 0 Å². The van der Waals surface area contributed by atoms with Gasteiger partial charge in [0, 0.05) is 24.3 Å². The van der Waals surface area contributed by atoms with Crippen LogP contribution in [-0.2, 0) is 13.5 Å². The Hall–Kier alpha value is -2.49. The Bertz CT molecular complexity index is 746. The van der Waals surface area contributed by atoms with Crippen molar-refractivity contribution in [1.29, 1.82) is 0 Å². The molecule has 0 saturated heterocycles. The van der Waals surface area contributed by atoms with Crippen LogP contribution in [0.5, 0.6) is 0 Å². The number of hydrogen-bond donors (Lipinski definition) is 0. The summed E-state index contributed by atoms with van der Waals surface area (Å²) in [6.45, 7) is 0. The van der Waals surface area contributed by atoms with Gasteiger partial charge in [-0.25, -0.2) is 4.98 Å². The minimum Gasteiger partial charge on any atom is -0.340 e. The van der Waals surface area contributed by atoms with Gasteiger partial charge in [0.05, 0.1) is 18.3 Å². The van der Waals surface area contributed by atoms with E-state index in [1.807, 2.05) is 43.4 Å². The van der Waals surface area contributed by atoms with Crippen molar-refractivity contribution in [3.63, 3.8) is 0 Å². The molecule has 0 fully saturated rings. The van der Waals surface area contributed by atoms with Crippen LogP contribution < -0.4 is 0 Å². The van der Waals surface area contributed by atoms with E-state index in [2.05, 4.69) is 9.97 Å². The molecule has 1 aromatic carbocycles. The maximum atomic E-state index is 12.0. The van der Waals surface area contributed by atoms with Crippen LogP contribution in [0.25, 0.3) is 10.9 Å². The number of pyridine rings is 1. The number of rotatable bonds is 3. The average Bonchev–Trinajstić information content (AvgIpc) is 2.85. The van der Waals surface area contributed by atoms with Gasteiger partial charge in [-0.2, -0.15) is 0 Å². The topological polar surface area (TPSA) is 47.8 Å². The summed E-state index contributed by atoms with van der Waals surface area (Å²) < 4.78 is 1.76. The Labute approximate surface area is 110 Å². The highest BCUT2D eigenvalue weighted by molar-refractivity contribution is 5.95. The van der Waals surface area contributed by atoms with Gasteiger partial charge in [0.2, 0.25) is 0 Å². The number of imidazole rings is 1. The summed E-state index contributed by atoms with van der Waals surface area (Å²) in [5.41, 5.74) is 2.17. The number of para-hydroxylation sites is 1. The second kappa shape index (κ2) is 4.65. The van der Waals surface area contributed by atoms with Crippen LogP contribution in [0, 0.1) is 0 Å². The summed E-state index contributed by atoms with van der Waals surface area (Å²) in [4.78, 5) is 20.6. The lowest BCUT2D eigenvalue weighted by Crippen LogP contribution is -2.05. The third kappa shape index (κ3) is 2.38. The minimum absolute atomic E-state index is 0.0108. The summed E-state index contributed by atoms with van der Waals surface area (Å²) in [7, 11) is 1.85. The predicted octanol–water partition coefficient (Wildman–Crippen LogP) is 2.39. The fourth-order valence-corrected chi connectivity index (χ4v) is 2.02. The molecule has 3 aromatic rings. The number of Topliss-reactive ketones (excluding diaryl/α,β-unsaturated/α-hetero) is 1. The number of hydrogen-bond acceptors (Lipinski definition) is 3. The van der Waals surface area contributed by atoms with Gasteiger partial charge in [-0.3, -0.25) is 9.78 Å². The number of carbonyl (C=O) groups is 1. The fourth-order valence-electron chi connectivity index (χ4n) is 2.02. The molecule has 0 N–H and O–H groups in total. The number of fused-ring (bicyclic) bond motifs is 1. The number of ketones is 1. The number of aryl methyl sites for hydroxylation is 1. The molecule has 0 aliphatic rings. The van der Waals surface area contributed by atoms with Crippen LogP contribution in [0.2, 0.25) is 0 Å². The highest BCUT2D eigenvalue weighted by Crippen LogP contribution is 2.13. The van der Waals surface area contributed by atoms with E-state index in [0.717, 1.165) is 16.6 Å². The van der Waals surface area contributed by atoms with E-state index in [-0.39, 0.29) is 12.2 Å². The lowest BCUT2D eigenvalue weighted by atomic mass is 10.1. The molecular formula is C15H13N3O. The van der Waals surface area contributed by atoms with Gasteiger partial charge in [-0.15, -0.1) is 0 Å². The Kier molecular flexibility index (Phi) is 2.83. The molecule has 0 radical (unpaired) electrons. The van der Waals surface area contributed by atoms with Crippen molar-refractivity contribution in [2.24, 2.45) is 7.05 Å². The second-order valence-electron chi connectivity index (χ2n) is 4.52. The summed E-state index contributed by atoms with van der Waals surface area (Å²) in [6, 6.07) is 11.8. The molecule has 0 aliphatic carbocycles. The third-order valence-electron chi connectivity index (χ3n) is 2.99. The van der Waals surface area contributed by atoms with Crippen LogP contribution in [-0.4, -0.2) is 20.3 Å². The smallest absolute Gasteiger partial charge is 0.188 e. The van der Waals surface area contributed by atoms with E-state index in [1.54, 1.807) is 17.1 Å². The highest BCUT2D eigenvalue weighted by atomic mass is 16.1. The zero-order chi connectivity index (χ0) is 13.2. The predicted molar refractivity (Wildman–Crippen MR) is 73.0 cm³/mol. The highest BCUT2D eigenvalue weighted by Gasteiger charge is 2.10. The van der Waals surface area contributed by atoms with Crippen molar-refractivity contribution in [3.8, 4) is 0 Å². The fraction of sp³-hybridized carbons (Fsp3) is 0.133. The Balaban J connectivity index is 1.87. The molecule has 0 amide bonds. The Morgan fingerprint density at radius 2 is 2.05 bits per heavy atom. The van der Waals surface area contributed by atoms with Gasteiger partial charge >= 0.3 is 0 Å². The molecular weight excluding hydrogens is 238 g/mol. The Morgan fingerprint density at radius 1 is 1.21 bits per heavy atom. The van der Waals surface area contributed by atoms with E-state index in [4.69, 9.17) is 0 Å². The second-order valence-corrected chi connectivity index (χ2v) is 4.52. The Morgan fingerprint density at radius 3 is 2.84 bits per heavy atom.